The molecule has 1 aromatic rings. The van der Waals surface area contributed by atoms with Crippen LogP contribution in [0.4, 0.5) is 0 Å². The van der Waals surface area contributed by atoms with Gasteiger partial charge in [0, 0.05) is 12.9 Å². The molecule has 7 heteroatoms. The molecule has 0 aliphatic carbocycles. The van der Waals surface area contributed by atoms with Crippen LogP contribution in [0, 0.1) is 5.92 Å². The highest BCUT2D eigenvalue weighted by atomic mass is 32.2. The van der Waals surface area contributed by atoms with Crippen LogP contribution in [0.2, 0.25) is 0 Å². The van der Waals surface area contributed by atoms with Crippen molar-refractivity contribution in [3.8, 4) is 0 Å². The number of nitrogens with zero attached hydrogens (tertiary/aromatic N) is 1. The third-order valence-corrected chi connectivity index (χ3v) is 5.70. The maximum atomic E-state index is 13.1. The van der Waals surface area contributed by atoms with E-state index in [4.69, 9.17) is 21.7 Å². The molecule has 0 unspecified atom stereocenters. The first-order valence-corrected chi connectivity index (χ1v) is 9.54. The summed E-state index contributed by atoms with van der Waals surface area (Å²) in [6.07, 6.45) is -1.63. The first-order chi connectivity index (χ1) is 11.9. The summed E-state index contributed by atoms with van der Waals surface area (Å²) in [5.41, 5.74) is 0.391. The van der Waals surface area contributed by atoms with Crippen molar-refractivity contribution < 1.29 is 19.1 Å². The molecule has 0 saturated carbocycles. The zero-order chi connectivity index (χ0) is 18.6. The monoisotopic (exact) mass is 381 g/mol. The van der Waals surface area contributed by atoms with E-state index < -0.39 is 18.2 Å². The number of rotatable bonds is 6. The Labute approximate surface area is 158 Å². The van der Waals surface area contributed by atoms with E-state index in [-0.39, 0.29) is 17.9 Å². The average Bonchev–Trinajstić information content (AvgIpc) is 3.00. The van der Waals surface area contributed by atoms with E-state index in [0.29, 0.717) is 9.88 Å². The van der Waals surface area contributed by atoms with E-state index >= 15 is 0 Å². The first kappa shape index (κ1) is 19.9. The van der Waals surface area contributed by atoms with Crippen molar-refractivity contribution in [2.24, 2.45) is 5.92 Å². The highest BCUT2D eigenvalue weighted by molar-refractivity contribution is 8.23. The highest BCUT2D eigenvalue weighted by Gasteiger charge is 2.42. The third kappa shape index (κ3) is 4.59. The number of hydrogen-bond donors (Lipinski definition) is 0. The number of benzene rings is 1. The molecule has 0 spiro atoms. The molecular formula is C18H23NO4S2. The van der Waals surface area contributed by atoms with Crippen molar-refractivity contribution in [1.82, 2.24) is 4.90 Å². The maximum Gasteiger partial charge on any atom is 0.339 e. The fourth-order valence-corrected chi connectivity index (χ4v) is 4.19. The van der Waals surface area contributed by atoms with Crippen molar-refractivity contribution in [3.05, 3.63) is 35.9 Å². The number of hydrogen-bond acceptors (Lipinski definition) is 6. The maximum absolute atomic E-state index is 13.1. The van der Waals surface area contributed by atoms with E-state index in [2.05, 4.69) is 0 Å². The smallest absolute Gasteiger partial charge is 0.339 e. The molecule has 25 heavy (non-hydrogen) atoms. The van der Waals surface area contributed by atoms with Gasteiger partial charge < -0.3 is 9.47 Å². The number of amides is 1. The summed E-state index contributed by atoms with van der Waals surface area (Å²) in [5, 5.41) is 0. The fourth-order valence-electron chi connectivity index (χ4n) is 2.55. The van der Waals surface area contributed by atoms with E-state index in [1.165, 1.54) is 18.9 Å². The summed E-state index contributed by atoms with van der Waals surface area (Å²) < 4.78 is 11.3. The minimum atomic E-state index is -1.05. The second-order valence-electron chi connectivity index (χ2n) is 6.23. The van der Waals surface area contributed by atoms with Crippen molar-refractivity contribution in [1.29, 1.82) is 0 Å². The molecule has 1 heterocycles. The number of carbonyl (C=O) groups is 2. The minimum absolute atomic E-state index is 0.00742. The topological polar surface area (TPSA) is 55.8 Å². The van der Waals surface area contributed by atoms with Gasteiger partial charge in [-0.2, -0.15) is 0 Å². The first-order valence-electron chi connectivity index (χ1n) is 8.15. The summed E-state index contributed by atoms with van der Waals surface area (Å²) in [5.74, 6) is 0.123. The summed E-state index contributed by atoms with van der Waals surface area (Å²) in [7, 11) is 1.48. The molecule has 1 fully saturated rings. The number of thiocarbonyl (C=S) groups is 1. The lowest BCUT2D eigenvalue weighted by Gasteiger charge is -2.31. The Hall–Kier alpha value is -1.44. The summed E-state index contributed by atoms with van der Waals surface area (Å²) >= 11 is 6.83. The molecule has 3 atom stereocenters. The number of carbonyl (C=O) groups excluding carboxylic acids is 2. The Kier molecular flexibility index (Phi) is 6.98. The van der Waals surface area contributed by atoms with Crippen LogP contribution in [-0.4, -0.2) is 52.2 Å². The summed E-state index contributed by atoms with van der Waals surface area (Å²) in [6, 6.07) is 8.59. The number of thioether (sulfide) groups is 1. The molecule has 0 radical (unpaired) electrons. The molecule has 1 aromatic carbocycles. The van der Waals surface area contributed by atoms with Crippen LogP contribution < -0.4 is 0 Å². The Balaban J connectivity index is 2.23. The van der Waals surface area contributed by atoms with Crippen LogP contribution in [0.3, 0.4) is 0 Å². The molecule has 1 aliphatic heterocycles. The fraction of sp³-hybridized carbons (Fsp3) is 0.500. The molecular weight excluding hydrogens is 358 g/mol. The quantitative estimate of drug-likeness (QED) is 0.557. The van der Waals surface area contributed by atoms with E-state index in [1.807, 2.05) is 19.9 Å². The van der Waals surface area contributed by atoms with Crippen molar-refractivity contribution in [2.75, 3.05) is 12.9 Å². The van der Waals surface area contributed by atoms with Crippen molar-refractivity contribution >= 4 is 40.2 Å². The largest absolute Gasteiger partial charge is 0.446 e. The Bertz CT molecular complexity index is 635. The lowest BCUT2D eigenvalue weighted by molar-refractivity contribution is -0.145. The van der Waals surface area contributed by atoms with Gasteiger partial charge in [0.05, 0.1) is 11.6 Å². The van der Waals surface area contributed by atoms with Crippen LogP contribution in [-0.2, 0) is 14.3 Å². The van der Waals surface area contributed by atoms with Crippen molar-refractivity contribution in [2.45, 2.75) is 39.0 Å². The normalized spacial score (nSPS) is 19.8. The van der Waals surface area contributed by atoms with Gasteiger partial charge in [0.2, 0.25) is 6.10 Å². The zero-order valence-corrected chi connectivity index (χ0v) is 16.4. The van der Waals surface area contributed by atoms with E-state index in [0.717, 1.165) is 5.75 Å². The summed E-state index contributed by atoms with van der Waals surface area (Å²) in [4.78, 5) is 27.1. The van der Waals surface area contributed by atoms with Gasteiger partial charge in [-0.25, -0.2) is 4.79 Å². The van der Waals surface area contributed by atoms with Gasteiger partial charge in [-0.15, -0.1) is 0 Å². The van der Waals surface area contributed by atoms with Gasteiger partial charge in [0.15, 0.2) is 0 Å². The van der Waals surface area contributed by atoms with Crippen LogP contribution in [0.5, 0.6) is 0 Å². The predicted octanol–water partition coefficient (Wildman–Crippen LogP) is 3.13. The number of methoxy groups -OCH3 is 1. The predicted molar refractivity (Wildman–Crippen MR) is 103 cm³/mol. The van der Waals surface area contributed by atoms with E-state index in [1.54, 1.807) is 36.1 Å². The van der Waals surface area contributed by atoms with Gasteiger partial charge in [0.25, 0.3) is 5.91 Å². The van der Waals surface area contributed by atoms with Gasteiger partial charge in [0.1, 0.15) is 10.4 Å². The zero-order valence-electron chi connectivity index (χ0n) is 14.8. The number of ether oxygens (including phenoxy) is 2. The highest BCUT2D eigenvalue weighted by Crippen LogP contribution is 2.30. The molecule has 1 aliphatic rings. The lowest BCUT2D eigenvalue weighted by Crippen LogP contribution is -2.51. The minimum Gasteiger partial charge on any atom is -0.446 e. The molecule has 136 valence electrons. The van der Waals surface area contributed by atoms with Gasteiger partial charge in [-0.05, 0) is 25.0 Å². The molecule has 0 bridgehead atoms. The second kappa shape index (κ2) is 8.78. The van der Waals surface area contributed by atoms with Crippen LogP contribution in [0.1, 0.15) is 31.1 Å². The van der Waals surface area contributed by atoms with Crippen LogP contribution in [0.15, 0.2) is 30.3 Å². The third-order valence-electron chi connectivity index (χ3n) is 4.20. The van der Waals surface area contributed by atoms with Crippen LogP contribution in [0.25, 0.3) is 0 Å². The molecule has 0 N–H and O–H groups in total. The molecule has 2 rings (SSSR count). The second-order valence-corrected chi connectivity index (χ2v) is 7.88. The molecule has 5 nitrogen and oxygen atoms in total. The molecule has 1 saturated heterocycles. The SMILES string of the molecule is CO[C@H](C)[C@@H](OC(=O)c1ccccc1)C(=O)N1C(=S)SC[C@@H]1C(C)C. The molecule has 1 amide bonds. The van der Waals surface area contributed by atoms with Gasteiger partial charge in [-0.3, -0.25) is 9.69 Å². The lowest BCUT2D eigenvalue weighted by atomic mass is 10.0. The van der Waals surface area contributed by atoms with E-state index in [9.17, 15) is 9.59 Å². The Morgan fingerprint density at radius 2 is 1.88 bits per heavy atom. The van der Waals surface area contributed by atoms with Gasteiger partial charge in [-0.1, -0.05) is 56.0 Å². The molecule has 0 aromatic heterocycles. The van der Waals surface area contributed by atoms with Gasteiger partial charge >= 0.3 is 5.97 Å². The Morgan fingerprint density at radius 1 is 1.24 bits per heavy atom. The standard InChI is InChI=1S/C18H23NO4S2/c1-11(2)14-10-25-18(24)19(14)16(20)15(12(3)22-4)23-17(21)13-8-6-5-7-9-13/h5-9,11-12,14-15H,10H2,1-4H3/t12-,14-,15-/m1/s1. The average molecular weight is 382 g/mol. The summed E-state index contributed by atoms with van der Waals surface area (Å²) in [6.45, 7) is 5.80. The number of esters is 1. The van der Waals surface area contributed by atoms with Crippen LogP contribution >= 0.6 is 24.0 Å². The van der Waals surface area contributed by atoms with Crippen molar-refractivity contribution in [3.63, 3.8) is 0 Å². The Morgan fingerprint density at radius 3 is 2.44 bits per heavy atom.